The van der Waals surface area contributed by atoms with Gasteiger partial charge in [-0.2, -0.15) is 0 Å². The Labute approximate surface area is 163 Å². The van der Waals surface area contributed by atoms with Crippen molar-refractivity contribution in [2.24, 2.45) is 0 Å². The second kappa shape index (κ2) is 8.41. The zero-order valence-electron chi connectivity index (χ0n) is 15.8. The van der Waals surface area contributed by atoms with Crippen LogP contribution in [0.1, 0.15) is 29.9 Å². The van der Waals surface area contributed by atoms with Crippen LogP contribution in [0.25, 0.3) is 0 Å². The summed E-state index contributed by atoms with van der Waals surface area (Å²) in [5, 5.41) is 3.56. The number of thioether (sulfide) groups is 1. The summed E-state index contributed by atoms with van der Waals surface area (Å²) in [6, 6.07) is 8.48. The number of carbonyl (C=O) groups is 1. The van der Waals surface area contributed by atoms with Gasteiger partial charge < -0.3 is 4.90 Å². The molecule has 0 saturated carbocycles. The van der Waals surface area contributed by atoms with Crippen molar-refractivity contribution in [3.8, 4) is 0 Å². The Morgan fingerprint density at radius 3 is 2.38 bits per heavy atom. The SMILES string of the molecule is CSc1sc(NC(=O)c2ccc(N3CCN(C(C)C)CC3)cc2)nc1C. The molecule has 26 heavy (non-hydrogen) atoms. The van der Waals surface area contributed by atoms with Gasteiger partial charge in [0.2, 0.25) is 0 Å². The van der Waals surface area contributed by atoms with Gasteiger partial charge in [0.1, 0.15) is 0 Å². The molecule has 0 unspecified atom stereocenters. The lowest BCUT2D eigenvalue weighted by molar-refractivity contribution is 0.102. The van der Waals surface area contributed by atoms with Gasteiger partial charge >= 0.3 is 0 Å². The molecule has 7 heteroatoms. The zero-order chi connectivity index (χ0) is 18.7. The van der Waals surface area contributed by atoms with Gasteiger partial charge in [0.05, 0.1) is 9.90 Å². The van der Waals surface area contributed by atoms with Crippen molar-refractivity contribution in [2.45, 2.75) is 31.0 Å². The average molecular weight is 391 g/mol. The maximum absolute atomic E-state index is 12.5. The largest absolute Gasteiger partial charge is 0.369 e. The topological polar surface area (TPSA) is 48.5 Å². The highest BCUT2D eigenvalue weighted by molar-refractivity contribution is 8.00. The van der Waals surface area contributed by atoms with Crippen LogP contribution in [0, 0.1) is 6.92 Å². The summed E-state index contributed by atoms with van der Waals surface area (Å²) < 4.78 is 1.14. The Hall–Kier alpha value is -1.57. The van der Waals surface area contributed by atoms with E-state index in [1.54, 1.807) is 11.8 Å². The van der Waals surface area contributed by atoms with E-state index in [0.717, 1.165) is 36.1 Å². The van der Waals surface area contributed by atoms with E-state index >= 15 is 0 Å². The number of benzene rings is 1. The first-order chi connectivity index (χ1) is 12.5. The Morgan fingerprint density at radius 1 is 1.19 bits per heavy atom. The Balaban J connectivity index is 1.61. The van der Waals surface area contributed by atoms with Gasteiger partial charge in [-0.3, -0.25) is 15.0 Å². The highest BCUT2D eigenvalue weighted by Gasteiger charge is 2.19. The smallest absolute Gasteiger partial charge is 0.257 e. The highest BCUT2D eigenvalue weighted by Crippen LogP contribution is 2.30. The number of aromatic nitrogens is 1. The number of nitrogens with zero attached hydrogens (tertiary/aromatic N) is 3. The summed E-state index contributed by atoms with van der Waals surface area (Å²) in [5.74, 6) is -0.109. The number of thiazole rings is 1. The van der Waals surface area contributed by atoms with Crippen molar-refractivity contribution >= 4 is 39.8 Å². The summed E-state index contributed by atoms with van der Waals surface area (Å²) in [7, 11) is 0. The number of hydrogen-bond acceptors (Lipinski definition) is 6. The number of carbonyl (C=O) groups excluding carboxylic acids is 1. The molecule has 1 fully saturated rings. The van der Waals surface area contributed by atoms with Crippen LogP contribution in [-0.4, -0.2) is 54.3 Å². The molecule has 1 N–H and O–H groups in total. The Bertz CT molecular complexity index is 749. The van der Waals surface area contributed by atoms with Crippen molar-refractivity contribution in [3.63, 3.8) is 0 Å². The summed E-state index contributed by atoms with van der Waals surface area (Å²) in [5.41, 5.74) is 2.81. The number of piperazine rings is 1. The molecule has 0 bridgehead atoms. The van der Waals surface area contributed by atoms with Crippen molar-refractivity contribution in [3.05, 3.63) is 35.5 Å². The number of hydrogen-bond donors (Lipinski definition) is 1. The standard InChI is InChI=1S/C19H26N4OS2/c1-13(2)22-9-11-23(12-10-22)16-7-5-15(6-8-16)17(24)21-19-20-14(3)18(25-4)26-19/h5-8,13H,9-12H2,1-4H3,(H,20,21,24). The Morgan fingerprint density at radius 2 is 1.85 bits per heavy atom. The molecule has 1 aromatic heterocycles. The monoisotopic (exact) mass is 390 g/mol. The van der Waals surface area contributed by atoms with E-state index in [1.807, 2.05) is 37.4 Å². The van der Waals surface area contributed by atoms with E-state index in [0.29, 0.717) is 16.7 Å². The molecule has 3 rings (SSSR count). The van der Waals surface area contributed by atoms with Gasteiger partial charge in [-0.05, 0) is 51.3 Å². The van der Waals surface area contributed by atoms with Crippen molar-refractivity contribution in [2.75, 3.05) is 42.7 Å². The lowest BCUT2D eigenvalue weighted by Crippen LogP contribution is -2.48. The third-order valence-electron chi connectivity index (χ3n) is 4.70. The zero-order valence-corrected chi connectivity index (χ0v) is 17.4. The number of anilines is 2. The minimum atomic E-state index is -0.109. The second-order valence-electron chi connectivity index (χ2n) is 6.71. The quantitative estimate of drug-likeness (QED) is 0.783. The van der Waals surface area contributed by atoms with Crippen LogP contribution < -0.4 is 10.2 Å². The molecular formula is C19H26N4OS2. The van der Waals surface area contributed by atoms with Gasteiger partial charge in [0.15, 0.2) is 5.13 Å². The van der Waals surface area contributed by atoms with Crippen molar-refractivity contribution < 1.29 is 4.79 Å². The molecule has 1 aromatic carbocycles. The molecule has 2 aromatic rings. The molecule has 1 aliphatic heterocycles. The molecule has 0 aliphatic carbocycles. The van der Waals surface area contributed by atoms with Crippen LogP contribution >= 0.6 is 23.1 Å². The van der Waals surface area contributed by atoms with Gasteiger partial charge in [0, 0.05) is 43.5 Å². The van der Waals surface area contributed by atoms with E-state index in [9.17, 15) is 4.79 Å². The van der Waals surface area contributed by atoms with Crippen LogP contribution in [0.2, 0.25) is 0 Å². The van der Waals surface area contributed by atoms with Crippen molar-refractivity contribution in [1.29, 1.82) is 0 Å². The molecule has 0 radical (unpaired) electrons. The second-order valence-corrected chi connectivity index (χ2v) is 8.79. The predicted octanol–water partition coefficient (Wildman–Crippen LogP) is 3.96. The fraction of sp³-hybridized carbons (Fsp3) is 0.474. The lowest BCUT2D eigenvalue weighted by Gasteiger charge is -2.38. The molecule has 1 aliphatic rings. The van der Waals surface area contributed by atoms with Gasteiger partial charge in [-0.1, -0.05) is 11.3 Å². The summed E-state index contributed by atoms with van der Waals surface area (Å²) in [6.07, 6.45) is 2.02. The van der Waals surface area contributed by atoms with Crippen LogP contribution in [0.3, 0.4) is 0 Å². The molecule has 5 nitrogen and oxygen atoms in total. The Kier molecular flexibility index (Phi) is 6.21. The molecule has 1 saturated heterocycles. The first kappa shape index (κ1) is 19.2. The van der Waals surface area contributed by atoms with Gasteiger partial charge in [-0.25, -0.2) is 4.98 Å². The van der Waals surface area contributed by atoms with Gasteiger partial charge in [-0.15, -0.1) is 11.8 Å². The van der Waals surface area contributed by atoms with E-state index in [1.165, 1.54) is 17.0 Å². The van der Waals surface area contributed by atoms with Gasteiger partial charge in [0.25, 0.3) is 5.91 Å². The fourth-order valence-corrected chi connectivity index (χ4v) is 4.72. The minimum Gasteiger partial charge on any atom is -0.369 e. The first-order valence-corrected chi connectivity index (χ1v) is 10.9. The van der Waals surface area contributed by atoms with Crippen LogP contribution in [-0.2, 0) is 0 Å². The summed E-state index contributed by atoms with van der Waals surface area (Å²) in [6.45, 7) is 10.7. The van der Waals surface area contributed by atoms with Crippen LogP contribution in [0.4, 0.5) is 10.8 Å². The van der Waals surface area contributed by atoms with E-state index in [4.69, 9.17) is 0 Å². The van der Waals surface area contributed by atoms with E-state index in [2.05, 4.69) is 33.9 Å². The number of rotatable bonds is 5. The lowest BCUT2D eigenvalue weighted by atomic mass is 10.1. The number of aryl methyl sites for hydroxylation is 1. The first-order valence-electron chi connectivity index (χ1n) is 8.89. The third-order valence-corrected chi connectivity index (χ3v) is 6.98. The molecular weight excluding hydrogens is 364 g/mol. The highest BCUT2D eigenvalue weighted by atomic mass is 32.2. The molecule has 2 heterocycles. The predicted molar refractivity (Wildman–Crippen MR) is 112 cm³/mol. The third kappa shape index (κ3) is 4.39. The van der Waals surface area contributed by atoms with Crippen LogP contribution in [0.15, 0.2) is 28.5 Å². The average Bonchev–Trinajstić information content (AvgIpc) is 3.01. The fourth-order valence-electron chi connectivity index (χ4n) is 3.11. The van der Waals surface area contributed by atoms with E-state index in [-0.39, 0.29) is 5.91 Å². The molecule has 0 spiro atoms. The summed E-state index contributed by atoms with van der Waals surface area (Å²) in [4.78, 5) is 21.8. The van der Waals surface area contributed by atoms with Crippen LogP contribution in [0.5, 0.6) is 0 Å². The molecule has 1 amide bonds. The number of amides is 1. The summed E-state index contributed by atoms with van der Waals surface area (Å²) >= 11 is 3.17. The number of nitrogens with one attached hydrogen (secondary N) is 1. The normalized spacial score (nSPS) is 15.5. The maximum atomic E-state index is 12.5. The minimum absolute atomic E-state index is 0.109. The molecule has 0 atom stereocenters. The maximum Gasteiger partial charge on any atom is 0.257 e. The van der Waals surface area contributed by atoms with E-state index < -0.39 is 0 Å². The van der Waals surface area contributed by atoms with Crippen molar-refractivity contribution in [1.82, 2.24) is 9.88 Å². The molecule has 140 valence electrons.